The SMILES string of the molecule is CCNC(=O)[C@@H](C)N(Cc1ccc(C)cc1)C(=O)CN(c1cc(Cl)ccc1Cl)S(=O)(=O)c1ccc(C)cc1. The van der Waals surface area contributed by atoms with Crippen molar-refractivity contribution < 1.29 is 18.0 Å². The molecule has 7 nitrogen and oxygen atoms in total. The summed E-state index contributed by atoms with van der Waals surface area (Å²) in [7, 11) is -4.23. The largest absolute Gasteiger partial charge is 0.355 e. The normalized spacial score (nSPS) is 12.1. The predicted octanol–water partition coefficient (Wildman–Crippen LogP) is 5.36. The summed E-state index contributed by atoms with van der Waals surface area (Å²) in [5, 5.41) is 3.10. The van der Waals surface area contributed by atoms with Gasteiger partial charge in [-0.2, -0.15) is 0 Å². The van der Waals surface area contributed by atoms with Crippen molar-refractivity contribution in [2.45, 2.75) is 45.2 Å². The predicted molar refractivity (Wildman–Crippen MR) is 152 cm³/mol. The third-order valence-corrected chi connectivity index (χ3v) is 8.39. The van der Waals surface area contributed by atoms with Gasteiger partial charge in [0.15, 0.2) is 0 Å². The molecule has 0 saturated carbocycles. The minimum atomic E-state index is -4.23. The fraction of sp³-hybridized carbons (Fsp3) is 0.286. The fourth-order valence-corrected chi connectivity index (χ4v) is 5.68. The zero-order valence-corrected chi connectivity index (χ0v) is 24.1. The third-order valence-electron chi connectivity index (χ3n) is 6.06. The Labute approximate surface area is 234 Å². The smallest absolute Gasteiger partial charge is 0.264 e. The van der Waals surface area contributed by atoms with Crippen LogP contribution >= 0.6 is 23.2 Å². The van der Waals surface area contributed by atoms with Crippen LogP contribution in [0.15, 0.2) is 71.6 Å². The molecule has 38 heavy (non-hydrogen) atoms. The molecule has 1 N–H and O–H groups in total. The van der Waals surface area contributed by atoms with Crippen LogP contribution in [0.4, 0.5) is 5.69 Å². The van der Waals surface area contributed by atoms with E-state index >= 15 is 0 Å². The lowest BCUT2D eigenvalue weighted by Crippen LogP contribution is -2.51. The second-order valence-corrected chi connectivity index (χ2v) is 11.7. The maximum absolute atomic E-state index is 13.8. The molecule has 0 aliphatic heterocycles. The van der Waals surface area contributed by atoms with E-state index in [4.69, 9.17) is 23.2 Å². The number of aryl methyl sites for hydroxylation is 2. The van der Waals surface area contributed by atoms with Crippen molar-refractivity contribution in [2.24, 2.45) is 0 Å². The van der Waals surface area contributed by atoms with E-state index in [1.807, 2.05) is 38.1 Å². The van der Waals surface area contributed by atoms with Gasteiger partial charge in [0, 0.05) is 18.1 Å². The zero-order chi connectivity index (χ0) is 28.0. The third kappa shape index (κ3) is 7.07. The van der Waals surface area contributed by atoms with Crippen LogP contribution in [-0.2, 0) is 26.2 Å². The molecule has 3 aromatic rings. The molecule has 0 unspecified atom stereocenters. The summed E-state index contributed by atoms with van der Waals surface area (Å²) < 4.78 is 28.6. The van der Waals surface area contributed by atoms with Gasteiger partial charge >= 0.3 is 0 Å². The number of anilines is 1. The van der Waals surface area contributed by atoms with Gasteiger partial charge in [0.2, 0.25) is 11.8 Å². The summed E-state index contributed by atoms with van der Waals surface area (Å²) in [4.78, 5) is 28.0. The summed E-state index contributed by atoms with van der Waals surface area (Å²) in [6.07, 6.45) is 0. The van der Waals surface area contributed by atoms with Gasteiger partial charge in [-0.15, -0.1) is 0 Å². The van der Waals surface area contributed by atoms with Crippen molar-refractivity contribution in [3.8, 4) is 0 Å². The van der Waals surface area contributed by atoms with Gasteiger partial charge in [0.1, 0.15) is 12.6 Å². The Morgan fingerprint density at radius 1 is 0.921 bits per heavy atom. The standard InChI is InChI=1S/C28H31Cl2N3O4S/c1-5-31-28(35)21(4)32(17-22-10-6-19(2)7-11-22)27(34)18-33(26-16-23(29)12-15-25(26)30)38(36,37)24-13-8-20(3)9-14-24/h6-16,21H,5,17-18H2,1-4H3,(H,31,35)/t21-/m1/s1. The Kier molecular flexibility index (Phi) is 9.82. The summed E-state index contributed by atoms with van der Waals surface area (Å²) in [6, 6.07) is 17.4. The van der Waals surface area contributed by atoms with Crippen LogP contribution in [0.5, 0.6) is 0 Å². The number of nitrogens with zero attached hydrogens (tertiary/aromatic N) is 2. The van der Waals surface area contributed by atoms with Gasteiger partial charge in [-0.3, -0.25) is 13.9 Å². The average Bonchev–Trinajstić information content (AvgIpc) is 2.88. The number of carbonyl (C=O) groups excluding carboxylic acids is 2. The number of benzene rings is 3. The number of hydrogen-bond donors (Lipinski definition) is 1. The number of halogens is 2. The summed E-state index contributed by atoms with van der Waals surface area (Å²) in [5.41, 5.74) is 2.80. The van der Waals surface area contributed by atoms with Crippen LogP contribution in [-0.4, -0.2) is 44.3 Å². The molecule has 10 heteroatoms. The van der Waals surface area contributed by atoms with Gasteiger partial charge < -0.3 is 10.2 Å². The molecule has 0 spiro atoms. The van der Waals surface area contributed by atoms with E-state index in [9.17, 15) is 18.0 Å². The molecule has 0 saturated heterocycles. The first-order chi connectivity index (χ1) is 17.9. The minimum Gasteiger partial charge on any atom is -0.355 e. The molecule has 0 aliphatic rings. The molecule has 3 aromatic carbocycles. The molecule has 0 radical (unpaired) electrons. The second-order valence-electron chi connectivity index (χ2n) is 9.00. The molecule has 2 amide bonds. The van der Waals surface area contributed by atoms with E-state index in [0.29, 0.717) is 6.54 Å². The van der Waals surface area contributed by atoms with E-state index in [1.54, 1.807) is 26.0 Å². The molecule has 0 bridgehead atoms. The Morgan fingerprint density at radius 2 is 1.50 bits per heavy atom. The van der Waals surface area contributed by atoms with Crippen LogP contribution in [0.2, 0.25) is 10.0 Å². The lowest BCUT2D eigenvalue weighted by atomic mass is 10.1. The molecule has 0 aliphatic carbocycles. The highest BCUT2D eigenvalue weighted by Gasteiger charge is 2.33. The van der Waals surface area contributed by atoms with Crippen LogP contribution in [0, 0.1) is 13.8 Å². The van der Waals surface area contributed by atoms with Crippen LogP contribution in [0.3, 0.4) is 0 Å². The molecule has 1 atom stereocenters. The Morgan fingerprint density at radius 3 is 2.08 bits per heavy atom. The van der Waals surface area contributed by atoms with Gasteiger partial charge in [-0.25, -0.2) is 8.42 Å². The second kappa shape index (κ2) is 12.7. The zero-order valence-electron chi connectivity index (χ0n) is 21.7. The number of sulfonamides is 1. The van der Waals surface area contributed by atoms with Crippen LogP contribution in [0.25, 0.3) is 0 Å². The summed E-state index contributed by atoms with van der Waals surface area (Å²) in [5.74, 6) is -0.919. The Hall–Kier alpha value is -3.07. The van der Waals surface area contributed by atoms with E-state index in [0.717, 1.165) is 21.0 Å². The number of amides is 2. The Bertz CT molecular complexity index is 1390. The van der Waals surface area contributed by atoms with Gasteiger partial charge in [0.25, 0.3) is 10.0 Å². The van der Waals surface area contributed by atoms with Crippen molar-refractivity contribution in [2.75, 3.05) is 17.4 Å². The van der Waals surface area contributed by atoms with Crippen molar-refractivity contribution in [3.05, 3.63) is 93.5 Å². The number of likely N-dealkylation sites (N-methyl/N-ethyl adjacent to an activating group) is 1. The molecular formula is C28H31Cl2N3O4S. The molecular weight excluding hydrogens is 545 g/mol. The van der Waals surface area contributed by atoms with Crippen LogP contribution in [0.1, 0.15) is 30.5 Å². The molecule has 0 heterocycles. The topological polar surface area (TPSA) is 86.8 Å². The van der Waals surface area contributed by atoms with E-state index in [2.05, 4.69) is 5.32 Å². The quantitative estimate of drug-likeness (QED) is 0.352. The molecule has 202 valence electrons. The number of carbonyl (C=O) groups is 2. The van der Waals surface area contributed by atoms with Crippen molar-refractivity contribution in [1.29, 1.82) is 0 Å². The minimum absolute atomic E-state index is 0.00574. The highest BCUT2D eigenvalue weighted by Crippen LogP contribution is 2.33. The molecule has 0 aromatic heterocycles. The lowest BCUT2D eigenvalue weighted by molar-refractivity contribution is -0.139. The molecule has 0 fully saturated rings. The molecule has 3 rings (SSSR count). The van der Waals surface area contributed by atoms with Crippen molar-refractivity contribution in [1.82, 2.24) is 10.2 Å². The highest BCUT2D eigenvalue weighted by molar-refractivity contribution is 7.92. The van der Waals surface area contributed by atoms with Crippen molar-refractivity contribution >= 4 is 50.7 Å². The first kappa shape index (κ1) is 29.5. The number of nitrogens with one attached hydrogen (secondary N) is 1. The number of rotatable bonds is 10. The van der Waals surface area contributed by atoms with Gasteiger partial charge in [0.05, 0.1) is 15.6 Å². The van der Waals surface area contributed by atoms with E-state index in [1.165, 1.54) is 35.2 Å². The van der Waals surface area contributed by atoms with Gasteiger partial charge in [-0.1, -0.05) is 70.7 Å². The summed E-state index contributed by atoms with van der Waals surface area (Å²) >= 11 is 12.6. The van der Waals surface area contributed by atoms with E-state index < -0.39 is 28.5 Å². The van der Waals surface area contributed by atoms with Crippen LogP contribution < -0.4 is 9.62 Å². The lowest BCUT2D eigenvalue weighted by Gasteiger charge is -2.32. The average molecular weight is 577 g/mol. The van der Waals surface area contributed by atoms with Crippen molar-refractivity contribution in [3.63, 3.8) is 0 Å². The summed E-state index contributed by atoms with van der Waals surface area (Å²) in [6.45, 7) is 7.10. The maximum Gasteiger partial charge on any atom is 0.264 e. The number of hydrogen-bond acceptors (Lipinski definition) is 4. The van der Waals surface area contributed by atoms with Gasteiger partial charge in [-0.05, 0) is 63.6 Å². The monoisotopic (exact) mass is 575 g/mol. The first-order valence-electron chi connectivity index (χ1n) is 12.1. The first-order valence-corrected chi connectivity index (χ1v) is 14.3. The highest BCUT2D eigenvalue weighted by atomic mass is 35.5. The van der Waals surface area contributed by atoms with E-state index in [-0.39, 0.29) is 33.1 Å². The Balaban J connectivity index is 2.07. The maximum atomic E-state index is 13.8. The fourth-order valence-electron chi connectivity index (χ4n) is 3.82.